The number of phenolic OH excluding ortho intramolecular Hbond substituents is 1. The van der Waals surface area contributed by atoms with Crippen molar-refractivity contribution in [1.82, 2.24) is 0 Å². The van der Waals surface area contributed by atoms with Crippen LogP contribution in [0, 0.1) is 10.5 Å². The highest BCUT2D eigenvalue weighted by atomic mass is 127. The van der Waals surface area contributed by atoms with Crippen molar-refractivity contribution in [3.05, 3.63) is 26.8 Å². The first-order chi connectivity index (χ1) is 5.52. The van der Waals surface area contributed by atoms with Crippen LogP contribution in [0.25, 0.3) is 0 Å². The third-order valence-electron chi connectivity index (χ3n) is 1.80. The average molecular weight is 277 g/mol. The fourth-order valence-corrected chi connectivity index (χ4v) is 1.54. The first-order valence-corrected chi connectivity index (χ1v) is 4.85. The lowest BCUT2D eigenvalue weighted by atomic mass is 10.1. The Morgan fingerprint density at radius 2 is 2.08 bits per heavy atom. The van der Waals surface area contributed by atoms with Crippen LogP contribution in [0.5, 0.6) is 5.75 Å². The van der Waals surface area contributed by atoms with E-state index in [0.717, 1.165) is 14.7 Å². The molecule has 66 valence electrons. The molecule has 0 amide bonds. The predicted octanol–water partition coefficient (Wildman–Crippen LogP) is 2.32. The van der Waals surface area contributed by atoms with E-state index < -0.39 is 0 Å². The number of rotatable bonds is 1. The molecule has 2 nitrogen and oxygen atoms in total. The van der Waals surface area contributed by atoms with Crippen LogP contribution < -0.4 is 5.73 Å². The predicted molar refractivity (Wildman–Crippen MR) is 58.2 cm³/mol. The van der Waals surface area contributed by atoms with E-state index in [9.17, 15) is 5.11 Å². The number of halogens is 1. The Kier molecular flexibility index (Phi) is 2.95. The molecular weight excluding hydrogens is 265 g/mol. The molecule has 1 rings (SSSR count). The molecule has 1 aromatic carbocycles. The third-order valence-corrected chi connectivity index (χ3v) is 2.96. The maximum atomic E-state index is 9.50. The molecule has 0 aliphatic rings. The lowest BCUT2D eigenvalue weighted by Crippen LogP contribution is -2.05. The van der Waals surface area contributed by atoms with Crippen molar-refractivity contribution in [2.75, 3.05) is 0 Å². The molecule has 1 unspecified atom stereocenters. The van der Waals surface area contributed by atoms with Gasteiger partial charge in [-0.3, -0.25) is 0 Å². The first-order valence-electron chi connectivity index (χ1n) is 3.77. The Labute approximate surface area is 85.9 Å². The molecule has 0 heterocycles. The van der Waals surface area contributed by atoms with Crippen molar-refractivity contribution in [2.45, 2.75) is 19.9 Å². The lowest BCUT2D eigenvalue weighted by molar-refractivity contribution is 0.463. The number of aryl methyl sites for hydroxylation is 1. The third kappa shape index (κ3) is 1.90. The highest BCUT2D eigenvalue weighted by Gasteiger charge is 2.07. The smallest absolute Gasteiger partial charge is 0.120 e. The molecule has 1 atom stereocenters. The second kappa shape index (κ2) is 3.62. The van der Waals surface area contributed by atoms with E-state index in [-0.39, 0.29) is 6.04 Å². The second-order valence-corrected chi connectivity index (χ2v) is 4.11. The Hall–Kier alpha value is -0.290. The van der Waals surface area contributed by atoms with Crippen LogP contribution in [0.3, 0.4) is 0 Å². The second-order valence-electron chi connectivity index (χ2n) is 2.95. The van der Waals surface area contributed by atoms with Gasteiger partial charge in [0.25, 0.3) is 0 Å². The molecular formula is C9H12INO. The molecule has 0 aliphatic carbocycles. The summed E-state index contributed by atoms with van der Waals surface area (Å²) >= 11 is 2.23. The van der Waals surface area contributed by atoms with Crippen LogP contribution in [0.2, 0.25) is 0 Å². The van der Waals surface area contributed by atoms with Gasteiger partial charge in [-0.1, -0.05) is 0 Å². The number of nitrogens with two attached hydrogens (primary N) is 1. The summed E-state index contributed by atoms with van der Waals surface area (Å²) in [6, 6.07) is 3.57. The SMILES string of the molecule is Cc1cc(O)c(C(C)N)cc1I. The first kappa shape index (κ1) is 9.80. The van der Waals surface area contributed by atoms with Gasteiger partial charge < -0.3 is 10.8 Å². The summed E-state index contributed by atoms with van der Waals surface area (Å²) in [5, 5.41) is 9.50. The van der Waals surface area contributed by atoms with Crippen LogP contribution >= 0.6 is 22.6 Å². The van der Waals surface area contributed by atoms with Crippen LogP contribution in [-0.4, -0.2) is 5.11 Å². The van der Waals surface area contributed by atoms with E-state index in [1.54, 1.807) is 6.07 Å². The van der Waals surface area contributed by atoms with Gasteiger partial charge in [0.1, 0.15) is 5.75 Å². The number of hydrogen-bond acceptors (Lipinski definition) is 2. The molecule has 3 N–H and O–H groups in total. The summed E-state index contributed by atoms with van der Waals surface area (Å²) in [5.74, 6) is 0.294. The lowest BCUT2D eigenvalue weighted by Gasteiger charge is -2.10. The average Bonchev–Trinajstić information content (AvgIpc) is 1.96. The van der Waals surface area contributed by atoms with Crippen LogP contribution in [-0.2, 0) is 0 Å². The maximum Gasteiger partial charge on any atom is 0.120 e. The highest BCUT2D eigenvalue weighted by Crippen LogP contribution is 2.26. The Bertz CT molecular complexity index is 297. The maximum absolute atomic E-state index is 9.50. The molecule has 0 saturated carbocycles. The van der Waals surface area contributed by atoms with Gasteiger partial charge in [0.15, 0.2) is 0 Å². The topological polar surface area (TPSA) is 46.2 Å². The molecule has 0 saturated heterocycles. The molecule has 0 fully saturated rings. The van der Waals surface area contributed by atoms with Gasteiger partial charge in [0, 0.05) is 15.2 Å². The number of aromatic hydroxyl groups is 1. The molecule has 0 aromatic heterocycles. The van der Waals surface area contributed by atoms with Crippen LogP contribution in [0.4, 0.5) is 0 Å². The monoisotopic (exact) mass is 277 g/mol. The van der Waals surface area contributed by atoms with Gasteiger partial charge in [-0.05, 0) is 54.1 Å². The molecule has 0 bridgehead atoms. The highest BCUT2D eigenvalue weighted by molar-refractivity contribution is 14.1. The number of benzene rings is 1. The Morgan fingerprint density at radius 1 is 1.50 bits per heavy atom. The van der Waals surface area contributed by atoms with Crippen molar-refractivity contribution < 1.29 is 5.11 Å². The summed E-state index contributed by atoms with van der Waals surface area (Å²) in [7, 11) is 0. The summed E-state index contributed by atoms with van der Waals surface area (Å²) in [6.07, 6.45) is 0. The molecule has 12 heavy (non-hydrogen) atoms. The van der Waals surface area contributed by atoms with Crippen molar-refractivity contribution in [2.24, 2.45) is 5.73 Å². The summed E-state index contributed by atoms with van der Waals surface area (Å²) < 4.78 is 1.14. The van der Waals surface area contributed by atoms with Crippen molar-refractivity contribution in [1.29, 1.82) is 0 Å². The zero-order valence-electron chi connectivity index (χ0n) is 7.13. The van der Waals surface area contributed by atoms with Gasteiger partial charge >= 0.3 is 0 Å². The van der Waals surface area contributed by atoms with E-state index in [4.69, 9.17) is 5.73 Å². The summed E-state index contributed by atoms with van der Waals surface area (Å²) in [6.45, 7) is 3.83. The number of hydrogen-bond donors (Lipinski definition) is 2. The summed E-state index contributed by atoms with van der Waals surface area (Å²) in [5.41, 5.74) is 7.56. The minimum absolute atomic E-state index is 0.112. The molecule has 0 aliphatic heterocycles. The fourth-order valence-electron chi connectivity index (χ4n) is 1.05. The van der Waals surface area contributed by atoms with Gasteiger partial charge in [-0.15, -0.1) is 0 Å². The molecule has 0 spiro atoms. The Balaban J connectivity index is 3.23. The molecule has 3 heteroatoms. The van der Waals surface area contributed by atoms with Crippen LogP contribution in [0.15, 0.2) is 12.1 Å². The standard InChI is InChI=1S/C9H12INO/c1-5-3-9(12)7(6(2)11)4-8(5)10/h3-4,6,12H,11H2,1-2H3. The van der Waals surface area contributed by atoms with Gasteiger partial charge in [-0.2, -0.15) is 0 Å². The minimum atomic E-state index is -0.112. The largest absolute Gasteiger partial charge is 0.508 e. The zero-order valence-corrected chi connectivity index (χ0v) is 9.29. The zero-order chi connectivity index (χ0) is 9.30. The summed E-state index contributed by atoms with van der Waals surface area (Å²) in [4.78, 5) is 0. The molecule has 0 radical (unpaired) electrons. The van der Waals surface area contributed by atoms with E-state index in [1.807, 2.05) is 19.9 Å². The molecule has 1 aromatic rings. The fraction of sp³-hybridized carbons (Fsp3) is 0.333. The number of phenols is 1. The van der Waals surface area contributed by atoms with Crippen molar-refractivity contribution in [3.8, 4) is 5.75 Å². The van der Waals surface area contributed by atoms with Crippen molar-refractivity contribution in [3.63, 3.8) is 0 Å². The van der Waals surface area contributed by atoms with Gasteiger partial charge in [0.05, 0.1) is 0 Å². The minimum Gasteiger partial charge on any atom is -0.508 e. The van der Waals surface area contributed by atoms with Crippen molar-refractivity contribution >= 4 is 22.6 Å². The normalized spacial score (nSPS) is 13.0. The van der Waals surface area contributed by atoms with Gasteiger partial charge in [0.2, 0.25) is 0 Å². The van der Waals surface area contributed by atoms with Crippen LogP contribution in [0.1, 0.15) is 24.1 Å². The van der Waals surface area contributed by atoms with E-state index in [2.05, 4.69) is 22.6 Å². The van der Waals surface area contributed by atoms with E-state index in [0.29, 0.717) is 5.75 Å². The quantitative estimate of drug-likeness (QED) is 0.774. The Morgan fingerprint density at radius 3 is 2.58 bits per heavy atom. The van der Waals surface area contributed by atoms with E-state index in [1.165, 1.54) is 0 Å². The van der Waals surface area contributed by atoms with Gasteiger partial charge in [-0.25, -0.2) is 0 Å². The van der Waals surface area contributed by atoms with E-state index >= 15 is 0 Å².